The number of hydrogen-bond donors (Lipinski definition) is 1. The predicted octanol–water partition coefficient (Wildman–Crippen LogP) is 4.41. The second-order valence-electron chi connectivity index (χ2n) is 7.53. The number of amides is 1. The van der Waals surface area contributed by atoms with E-state index < -0.39 is 0 Å². The zero-order valence-electron chi connectivity index (χ0n) is 16.0. The van der Waals surface area contributed by atoms with Crippen LogP contribution in [0.5, 0.6) is 0 Å². The average molecular weight is 380 g/mol. The highest BCUT2D eigenvalue weighted by Gasteiger charge is 2.31. The van der Waals surface area contributed by atoms with E-state index in [4.69, 9.17) is 4.98 Å². The molecule has 3 aromatic rings. The van der Waals surface area contributed by atoms with Crippen LogP contribution in [0.25, 0.3) is 21.2 Å². The molecule has 27 heavy (non-hydrogen) atoms. The molecule has 0 bridgehead atoms. The Labute approximate surface area is 164 Å². The van der Waals surface area contributed by atoms with Crippen LogP contribution in [-0.2, 0) is 11.3 Å². The van der Waals surface area contributed by atoms with E-state index in [1.54, 1.807) is 6.92 Å². The van der Waals surface area contributed by atoms with E-state index in [1.807, 2.05) is 17.5 Å². The molecule has 1 saturated heterocycles. The first kappa shape index (κ1) is 18.1. The zero-order valence-corrected chi connectivity index (χ0v) is 16.8. The fraction of sp³-hybridized carbons (Fsp3) is 0.364. The van der Waals surface area contributed by atoms with Crippen LogP contribution in [0.4, 0.5) is 0 Å². The fourth-order valence-corrected chi connectivity index (χ4v) is 4.68. The molecule has 140 valence electrons. The number of carbonyl (C=O) groups is 1. The lowest BCUT2D eigenvalue weighted by molar-refractivity contribution is -0.119. The minimum Gasteiger partial charge on any atom is -0.352 e. The lowest BCUT2D eigenvalue weighted by Gasteiger charge is -2.41. The molecule has 4 nitrogen and oxygen atoms in total. The smallest absolute Gasteiger partial charge is 0.217 e. The number of aromatic nitrogens is 1. The number of fused-ring (bicyclic) bond motifs is 1. The molecule has 5 heteroatoms. The normalized spacial score (nSPS) is 15.3. The Morgan fingerprint density at radius 1 is 1.22 bits per heavy atom. The molecule has 1 aliphatic heterocycles. The zero-order chi connectivity index (χ0) is 19.0. The summed E-state index contributed by atoms with van der Waals surface area (Å²) in [5, 5.41) is 6.56. The van der Waals surface area contributed by atoms with E-state index in [1.165, 1.54) is 26.2 Å². The van der Waals surface area contributed by atoms with Crippen molar-refractivity contribution in [1.29, 1.82) is 0 Å². The summed E-state index contributed by atoms with van der Waals surface area (Å²) in [6, 6.07) is 13.3. The number of thiazole rings is 1. The van der Waals surface area contributed by atoms with Crippen molar-refractivity contribution in [2.24, 2.45) is 0 Å². The van der Waals surface area contributed by atoms with Crippen LogP contribution >= 0.6 is 11.3 Å². The second-order valence-corrected chi connectivity index (χ2v) is 8.60. The van der Waals surface area contributed by atoms with Crippen LogP contribution in [0, 0.1) is 0 Å². The maximum absolute atomic E-state index is 11.3. The number of likely N-dealkylation sites (tertiary alicyclic amines) is 1. The van der Waals surface area contributed by atoms with Crippen LogP contribution in [0.15, 0.2) is 42.6 Å². The van der Waals surface area contributed by atoms with Gasteiger partial charge in [0.15, 0.2) is 0 Å². The van der Waals surface area contributed by atoms with E-state index >= 15 is 0 Å². The Hall–Kier alpha value is -2.24. The van der Waals surface area contributed by atoms with Crippen molar-refractivity contribution >= 4 is 28.0 Å². The third-order valence-electron chi connectivity index (χ3n) is 5.32. The monoisotopic (exact) mass is 379 g/mol. The van der Waals surface area contributed by atoms with E-state index in [-0.39, 0.29) is 5.91 Å². The predicted molar refractivity (Wildman–Crippen MR) is 112 cm³/mol. The topological polar surface area (TPSA) is 45.2 Å². The molecular formula is C22H25N3OS. The van der Waals surface area contributed by atoms with Gasteiger partial charge in [-0.2, -0.15) is 0 Å². The summed E-state index contributed by atoms with van der Waals surface area (Å²) in [6.07, 6.45) is 2.02. The standard InChI is InChI=1S/C22H25N3OS/c1-14(2)25-12-17(13-25)22-24-11-21(27-22)20-9-8-16(10-23-15(3)26)18-6-4-5-7-19(18)20/h4-9,11,14,17H,10,12-13H2,1-3H3,(H,23,26). The van der Waals surface area contributed by atoms with Crippen molar-refractivity contribution in [3.8, 4) is 10.4 Å². The Kier molecular flexibility index (Phi) is 4.98. The van der Waals surface area contributed by atoms with E-state index in [0.717, 1.165) is 18.7 Å². The number of nitrogens with zero attached hydrogens (tertiary/aromatic N) is 2. The maximum Gasteiger partial charge on any atom is 0.217 e. The molecule has 0 radical (unpaired) electrons. The number of hydrogen-bond acceptors (Lipinski definition) is 4. The number of rotatable bonds is 5. The molecule has 1 aromatic heterocycles. The van der Waals surface area contributed by atoms with Gasteiger partial charge < -0.3 is 5.32 Å². The molecule has 1 N–H and O–H groups in total. The Bertz CT molecular complexity index is 973. The third-order valence-corrected chi connectivity index (χ3v) is 6.51. The van der Waals surface area contributed by atoms with Gasteiger partial charge in [-0.3, -0.25) is 9.69 Å². The van der Waals surface area contributed by atoms with Crippen LogP contribution in [0.2, 0.25) is 0 Å². The van der Waals surface area contributed by atoms with Gasteiger partial charge in [0.25, 0.3) is 0 Å². The number of benzene rings is 2. The largest absolute Gasteiger partial charge is 0.352 e. The van der Waals surface area contributed by atoms with E-state index in [0.29, 0.717) is 18.5 Å². The molecule has 4 rings (SSSR count). The van der Waals surface area contributed by atoms with Gasteiger partial charge in [0.1, 0.15) is 0 Å². The van der Waals surface area contributed by atoms with Gasteiger partial charge in [0, 0.05) is 50.3 Å². The summed E-state index contributed by atoms with van der Waals surface area (Å²) in [5.41, 5.74) is 2.36. The Balaban J connectivity index is 1.63. The van der Waals surface area contributed by atoms with Crippen molar-refractivity contribution in [1.82, 2.24) is 15.2 Å². The number of carbonyl (C=O) groups excluding carboxylic acids is 1. The summed E-state index contributed by atoms with van der Waals surface area (Å²) in [6.45, 7) is 8.83. The quantitative estimate of drug-likeness (QED) is 0.714. The summed E-state index contributed by atoms with van der Waals surface area (Å²) < 4.78 is 0. The first-order valence-corrected chi connectivity index (χ1v) is 10.3. The van der Waals surface area contributed by atoms with Crippen molar-refractivity contribution < 1.29 is 4.79 Å². The minimum atomic E-state index is -0.00815. The highest BCUT2D eigenvalue weighted by molar-refractivity contribution is 7.15. The van der Waals surface area contributed by atoms with Gasteiger partial charge in [-0.25, -0.2) is 4.98 Å². The lowest BCUT2D eigenvalue weighted by Crippen LogP contribution is -2.48. The summed E-state index contributed by atoms with van der Waals surface area (Å²) in [5.74, 6) is 0.558. The van der Waals surface area contributed by atoms with Gasteiger partial charge in [-0.05, 0) is 30.2 Å². The average Bonchev–Trinajstić information content (AvgIpc) is 3.07. The molecule has 0 spiro atoms. The van der Waals surface area contributed by atoms with Crippen molar-refractivity contribution in [3.63, 3.8) is 0 Å². The van der Waals surface area contributed by atoms with Crippen molar-refractivity contribution in [3.05, 3.63) is 53.2 Å². The highest BCUT2D eigenvalue weighted by Crippen LogP contribution is 2.38. The molecule has 0 unspecified atom stereocenters. The Morgan fingerprint density at radius 2 is 1.96 bits per heavy atom. The maximum atomic E-state index is 11.3. The second kappa shape index (κ2) is 7.41. The van der Waals surface area contributed by atoms with Gasteiger partial charge in [-0.15, -0.1) is 11.3 Å². The van der Waals surface area contributed by atoms with Crippen LogP contribution in [0.3, 0.4) is 0 Å². The van der Waals surface area contributed by atoms with Gasteiger partial charge in [0.05, 0.1) is 9.88 Å². The molecule has 2 heterocycles. The molecule has 2 aromatic carbocycles. The van der Waals surface area contributed by atoms with Crippen molar-refractivity contribution in [2.45, 2.75) is 39.3 Å². The summed E-state index contributed by atoms with van der Waals surface area (Å²) >= 11 is 1.82. The molecule has 0 atom stereocenters. The van der Waals surface area contributed by atoms with E-state index in [2.05, 4.69) is 60.5 Å². The van der Waals surface area contributed by atoms with Crippen molar-refractivity contribution in [2.75, 3.05) is 13.1 Å². The summed E-state index contributed by atoms with van der Waals surface area (Å²) in [4.78, 5) is 19.7. The first-order valence-electron chi connectivity index (χ1n) is 9.48. The van der Waals surface area contributed by atoms with Gasteiger partial charge in [0.2, 0.25) is 5.91 Å². The molecular weight excluding hydrogens is 354 g/mol. The first-order chi connectivity index (χ1) is 13.0. The number of nitrogens with one attached hydrogen (secondary N) is 1. The van der Waals surface area contributed by atoms with Crippen LogP contribution in [-0.4, -0.2) is 34.9 Å². The molecule has 1 amide bonds. The van der Waals surface area contributed by atoms with Crippen LogP contribution < -0.4 is 5.32 Å². The minimum absolute atomic E-state index is 0.00815. The summed E-state index contributed by atoms with van der Waals surface area (Å²) in [7, 11) is 0. The fourth-order valence-electron chi connectivity index (χ4n) is 3.64. The van der Waals surface area contributed by atoms with Gasteiger partial charge in [-0.1, -0.05) is 36.4 Å². The van der Waals surface area contributed by atoms with Gasteiger partial charge >= 0.3 is 0 Å². The molecule has 1 aliphatic rings. The van der Waals surface area contributed by atoms with Crippen LogP contribution in [0.1, 0.15) is 37.3 Å². The third kappa shape index (κ3) is 3.62. The Morgan fingerprint density at radius 3 is 2.67 bits per heavy atom. The molecule has 0 saturated carbocycles. The SMILES string of the molecule is CC(=O)NCc1ccc(-c2cnc(C3CN(C(C)C)C3)s2)c2ccccc12. The molecule has 0 aliphatic carbocycles. The highest BCUT2D eigenvalue weighted by atomic mass is 32.1. The van der Waals surface area contributed by atoms with E-state index in [9.17, 15) is 4.79 Å². The lowest BCUT2D eigenvalue weighted by atomic mass is 9.98. The molecule has 1 fully saturated rings.